The second kappa shape index (κ2) is 7.45. The summed E-state index contributed by atoms with van der Waals surface area (Å²) in [5.41, 5.74) is 8.87. The fourth-order valence-electron chi connectivity index (χ4n) is 3.19. The Morgan fingerprint density at radius 3 is 2.12 bits per heavy atom. The summed E-state index contributed by atoms with van der Waals surface area (Å²) in [6.07, 6.45) is -0.634. The maximum Gasteiger partial charge on any atom is 0.428 e. The van der Waals surface area contributed by atoms with Gasteiger partial charge in [0.25, 0.3) is 0 Å². The number of hydrogen-bond acceptors (Lipinski definition) is 4. The van der Waals surface area contributed by atoms with E-state index in [-0.39, 0.29) is 18.6 Å². The predicted octanol–water partition coefficient (Wildman–Crippen LogP) is 2.73. The molecule has 2 aromatic rings. The smallest absolute Gasteiger partial charge is 0.428 e. The Morgan fingerprint density at radius 1 is 1.08 bits per heavy atom. The van der Waals surface area contributed by atoms with Crippen LogP contribution in [0.15, 0.2) is 48.5 Å². The molecular formula is C19H22N4O3. The van der Waals surface area contributed by atoms with Gasteiger partial charge in [-0.1, -0.05) is 48.5 Å². The van der Waals surface area contributed by atoms with Gasteiger partial charge in [-0.3, -0.25) is 5.43 Å². The molecule has 1 aliphatic carbocycles. The van der Waals surface area contributed by atoms with Gasteiger partial charge in [0.15, 0.2) is 0 Å². The predicted molar refractivity (Wildman–Crippen MR) is 97.9 cm³/mol. The number of rotatable bonds is 3. The number of carbonyl (C=O) groups excluding carboxylic acids is 2. The zero-order chi connectivity index (χ0) is 18.7. The highest BCUT2D eigenvalue weighted by Gasteiger charge is 2.30. The first-order chi connectivity index (χ1) is 12.5. The zero-order valence-electron chi connectivity index (χ0n) is 14.7. The van der Waals surface area contributed by atoms with Crippen LogP contribution in [0.4, 0.5) is 9.59 Å². The highest BCUT2D eigenvalue weighted by atomic mass is 16.6. The normalized spacial score (nSPS) is 12.3. The van der Waals surface area contributed by atoms with E-state index in [2.05, 4.69) is 17.6 Å². The SMILES string of the molecule is CC(C)N(NC(=O)NN)C(=O)OCC1c2ccccc2-c2ccccc21. The minimum atomic E-state index is -0.688. The summed E-state index contributed by atoms with van der Waals surface area (Å²) in [5.74, 6) is 5.02. The first-order valence-corrected chi connectivity index (χ1v) is 8.44. The van der Waals surface area contributed by atoms with Crippen molar-refractivity contribution in [2.75, 3.05) is 6.61 Å². The summed E-state index contributed by atoms with van der Waals surface area (Å²) in [6, 6.07) is 15.2. The molecule has 0 aliphatic heterocycles. The number of urea groups is 1. The number of carbonyl (C=O) groups is 2. The molecule has 0 bridgehead atoms. The van der Waals surface area contributed by atoms with Gasteiger partial charge in [0.2, 0.25) is 0 Å². The van der Waals surface area contributed by atoms with Gasteiger partial charge in [-0.15, -0.1) is 0 Å². The number of nitrogens with two attached hydrogens (primary N) is 1. The van der Waals surface area contributed by atoms with Crippen molar-refractivity contribution in [1.82, 2.24) is 15.9 Å². The van der Waals surface area contributed by atoms with Crippen molar-refractivity contribution in [3.63, 3.8) is 0 Å². The van der Waals surface area contributed by atoms with Crippen LogP contribution < -0.4 is 16.7 Å². The highest BCUT2D eigenvalue weighted by Crippen LogP contribution is 2.44. The molecule has 0 aromatic heterocycles. The Bertz CT molecular complexity index is 776. The van der Waals surface area contributed by atoms with E-state index in [0.717, 1.165) is 27.3 Å². The molecule has 136 valence electrons. The van der Waals surface area contributed by atoms with E-state index in [1.54, 1.807) is 13.8 Å². The molecule has 2 aromatic carbocycles. The molecule has 0 unspecified atom stereocenters. The number of fused-ring (bicyclic) bond motifs is 3. The Labute approximate surface area is 152 Å². The van der Waals surface area contributed by atoms with Crippen LogP contribution >= 0.6 is 0 Å². The molecule has 0 atom stereocenters. The van der Waals surface area contributed by atoms with Gasteiger partial charge in [0.1, 0.15) is 6.61 Å². The Kier molecular flexibility index (Phi) is 5.09. The van der Waals surface area contributed by atoms with Crippen LogP contribution in [0.25, 0.3) is 11.1 Å². The van der Waals surface area contributed by atoms with Crippen LogP contribution in [0, 0.1) is 0 Å². The van der Waals surface area contributed by atoms with E-state index in [0.29, 0.717) is 0 Å². The van der Waals surface area contributed by atoms with Crippen molar-refractivity contribution >= 4 is 12.1 Å². The minimum absolute atomic E-state index is 0.0382. The summed E-state index contributed by atoms with van der Waals surface area (Å²) in [6.45, 7) is 3.71. The van der Waals surface area contributed by atoms with Gasteiger partial charge in [-0.05, 0) is 36.1 Å². The van der Waals surface area contributed by atoms with E-state index in [1.165, 1.54) is 0 Å². The molecule has 1 aliphatic rings. The van der Waals surface area contributed by atoms with Crippen LogP contribution in [-0.2, 0) is 4.74 Å². The zero-order valence-corrected chi connectivity index (χ0v) is 14.7. The standard InChI is InChI=1S/C19H22N4O3/c1-12(2)23(22-18(24)21-20)19(25)26-11-17-15-9-5-3-7-13(15)14-8-4-6-10-16(14)17/h3-10,12,17H,11,20H2,1-2H3,(H2,21,22,24). The lowest BCUT2D eigenvalue weighted by Crippen LogP contribution is -2.54. The van der Waals surface area contributed by atoms with Crippen molar-refractivity contribution < 1.29 is 14.3 Å². The Balaban J connectivity index is 1.77. The van der Waals surface area contributed by atoms with Gasteiger partial charge in [0, 0.05) is 5.92 Å². The number of ether oxygens (including phenoxy) is 1. The van der Waals surface area contributed by atoms with Crippen LogP contribution in [0.2, 0.25) is 0 Å². The molecule has 26 heavy (non-hydrogen) atoms. The van der Waals surface area contributed by atoms with Crippen molar-refractivity contribution in [2.24, 2.45) is 5.84 Å². The third-order valence-electron chi connectivity index (χ3n) is 4.40. The molecule has 3 rings (SSSR count). The number of hydrogen-bond donors (Lipinski definition) is 3. The molecule has 0 saturated carbocycles. The van der Waals surface area contributed by atoms with Crippen LogP contribution in [0.1, 0.15) is 30.9 Å². The van der Waals surface area contributed by atoms with Crippen molar-refractivity contribution in [3.05, 3.63) is 59.7 Å². The average molecular weight is 354 g/mol. The molecule has 0 radical (unpaired) electrons. The molecule has 7 heteroatoms. The van der Waals surface area contributed by atoms with Gasteiger partial charge in [0.05, 0.1) is 6.04 Å². The summed E-state index contributed by atoms with van der Waals surface area (Å²) in [7, 11) is 0. The van der Waals surface area contributed by atoms with E-state index in [9.17, 15) is 9.59 Å². The summed E-state index contributed by atoms with van der Waals surface area (Å²) in [4.78, 5) is 23.9. The van der Waals surface area contributed by atoms with E-state index >= 15 is 0 Å². The molecule has 0 fully saturated rings. The van der Waals surface area contributed by atoms with Crippen LogP contribution in [-0.4, -0.2) is 29.8 Å². The fourth-order valence-corrected chi connectivity index (χ4v) is 3.19. The van der Waals surface area contributed by atoms with E-state index < -0.39 is 12.1 Å². The fraction of sp³-hybridized carbons (Fsp3) is 0.263. The van der Waals surface area contributed by atoms with Crippen molar-refractivity contribution in [1.29, 1.82) is 0 Å². The molecule has 0 heterocycles. The molecular weight excluding hydrogens is 332 g/mol. The number of nitrogens with zero attached hydrogens (tertiary/aromatic N) is 1. The quantitative estimate of drug-likeness (QED) is 0.448. The first kappa shape index (κ1) is 17.8. The lowest BCUT2D eigenvalue weighted by atomic mass is 9.98. The van der Waals surface area contributed by atoms with Crippen LogP contribution in [0.3, 0.4) is 0 Å². The monoisotopic (exact) mass is 354 g/mol. The summed E-state index contributed by atoms with van der Waals surface area (Å²) in [5, 5.41) is 1.11. The topological polar surface area (TPSA) is 96.7 Å². The van der Waals surface area contributed by atoms with E-state index in [1.807, 2.05) is 41.8 Å². The largest absolute Gasteiger partial charge is 0.447 e. The highest BCUT2D eigenvalue weighted by molar-refractivity contribution is 5.79. The van der Waals surface area contributed by atoms with Crippen LogP contribution in [0.5, 0.6) is 0 Å². The molecule has 4 N–H and O–H groups in total. The summed E-state index contributed by atoms with van der Waals surface area (Å²) >= 11 is 0. The third-order valence-corrected chi connectivity index (χ3v) is 4.40. The molecule has 3 amide bonds. The van der Waals surface area contributed by atoms with Crippen molar-refractivity contribution in [2.45, 2.75) is 25.8 Å². The number of nitrogens with one attached hydrogen (secondary N) is 2. The maximum absolute atomic E-state index is 12.4. The molecule has 7 nitrogen and oxygen atoms in total. The third kappa shape index (κ3) is 3.34. The summed E-state index contributed by atoms with van der Waals surface area (Å²) < 4.78 is 5.51. The van der Waals surface area contributed by atoms with Crippen molar-refractivity contribution in [3.8, 4) is 11.1 Å². The second-order valence-corrected chi connectivity index (χ2v) is 6.35. The number of hydrazine groups is 2. The number of amides is 3. The Hall–Kier alpha value is -3.06. The number of benzene rings is 2. The maximum atomic E-state index is 12.4. The molecule has 0 spiro atoms. The van der Waals surface area contributed by atoms with Gasteiger partial charge < -0.3 is 4.74 Å². The molecule has 0 saturated heterocycles. The minimum Gasteiger partial charge on any atom is -0.447 e. The van der Waals surface area contributed by atoms with Gasteiger partial charge in [-0.2, -0.15) is 0 Å². The van der Waals surface area contributed by atoms with Gasteiger partial charge in [-0.25, -0.2) is 25.9 Å². The van der Waals surface area contributed by atoms with Gasteiger partial charge >= 0.3 is 12.1 Å². The first-order valence-electron chi connectivity index (χ1n) is 8.44. The lowest BCUT2D eigenvalue weighted by molar-refractivity contribution is 0.0717. The lowest BCUT2D eigenvalue weighted by Gasteiger charge is -2.26. The average Bonchev–Trinajstić information content (AvgIpc) is 2.97. The Morgan fingerprint density at radius 2 is 1.62 bits per heavy atom. The van der Waals surface area contributed by atoms with E-state index in [4.69, 9.17) is 10.6 Å². The second-order valence-electron chi connectivity index (χ2n) is 6.35.